The van der Waals surface area contributed by atoms with Gasteiger partial charge in [0.2, 0.25) is 0 Å². The minimum absolute atomic E-state index is 0.215. The van der Waals surface area contributed by atoms with Gasteiger partial charge in [-0.05, 0) is 55.8 Å². The summed E-state index contributed by atoms with van der Waals surface area (Å²) in [6.45, 7) is 5.58. The second-order valence-corrected chi connectivity index (χ2v) is 7.10. The monoisotopic (exact) mass is 393 g/mol. The quantitative estimate of drug-likeness (QED) is 0.661. The lowest BCUT2D eigenvalue weighted by Gasteiger charge is -2.29. The van der Waals surface area contributed by atoms with Crippen molar-refractivity contribution in [1.29, 1.82) is 0 Å². The Hall–Kier alpha value is -1.95. The first kappa shape index (κ1) is 21.4. The molecule has 0 spiro atoms. The van der Waals surface area contributed by atoms with E-state index in [9.17, 15) is 5.11 Å². The fraction of sp³-hybridized carbons (Fsp3) is 0.429. The van der Waals surface area contributed by atoms with E-state index < -0.39 is 6.10 Å². The Morgan fingerprint density at radius 3 is 2.07 bits per heavy atom. The lowest BCUT2D eigenvalue weighted by Crippen LogP contribution is -2.39. The van der Waals surface area contributed by atoms with E-state index in [-0.39, 0.29) is 12.6 Å². The van der Waals surface area contributed by atoms with Crippen LogP contribution in [0.2, 0.25) is 5.02 Å². The molecule has 0 aliphatic rings. The zero-order valence-corrected chi connectivity index (χ0v) is 17.1. The van der Waals surface area contributed by atoms with Crippen LogP contribution in [0.25, 0.3) is 0 Å². The second-order valence-electron chi connectivity index (χ2n) is 6.66. The van der Waals surface area contributed by atoms with Crippen LogP contribution in [-0.2, 0) is 6.54 Å². The zero-order valence-electron chi connectivity index (χ0n) is 16.3. The molecule has 1 atom stereocenters. The molecule has 0 saturated carbocycles. The van der Waals surface area contributed by atoms with Gasteiger partial charge in [0.1, 0.15) is 30.0 Å². The number of hydrogen-bond donors (Lipinski definition) is 1. The average molecular weight is 394 g/mol. The minimum atomic E-state index is -0.615. The van der Waals surface area contributed by atoms with Crippen LogP contribution in [0.15, 0.2) is 42.5 Å². The molecule has 0 aromatic heterocycles. The number of benzene rings is 2. The lowest BCUT2D eigenvalue weighted by molar-refractivity contribution is 0.0543. The molecule has 0 aliphatic carbocycles. The molecule has 0 saturated heterocycles. The Labute approximate surface area is 166 Å². The van der Waals surface area contributed by atoms with Gasteiger partial charge in [-0.25, -0.2) is 0 Å². The SMILES string of the molecule is COc1cc(CN(C[C@H](O)COc2ccc(Cl)cc2)C(C)C)cc(OC)c1. The van der Waals surface area contributed by atoms with Gasteiger partial charge in [-0.1, -0.05) is 11.6 Å². The Bertz CT molecular complexity index is 684. The van der Waals surface area contributed by atoms with Crippen molar-refractivity contribution in [2.24, 2.45) is 0 Å². The van der Waals surface area contributed by atoms with E-state index in [2.05, 4.69) is 18.7 Å². The van der Waals surface area contributed by atoms with E-state index in [0.717, 1.165) is 17.1 Å². The van der Waals surface area contributed by atoms with E-state index in [1.54, 1.807) is 38.5 Å². The molecule has 27 heavy (non-hydrogen) atoms. The fourth-order valence-electron chi connectivity index (χ4n) is 2.70. The molecule has 2 rings (SSSR count). The van der Waals surface area contributed by atoms with E-state index in [0.29, 0.717) is 23.9 Å². The number of aliphatic hydroxyl groups is 1. The Balaban J connectivity index is 1.97. The molecule has 148 valence electrons. The maximum Gasteiger partial charge on any atom is 0.122 e. The molecule has 0 radical (unpaired) electrons. The van der Waals surface area contributed by atoms with Gasteiger partial charge in [0.05, 0.1) is 14.2 Å². The molecule has 0 heterocycles. The van der Waals surface area contributed by atoms with Gasteiger partial charge in [0.25, 0.3) is 0 Å². The van der Waals surface area contributed by atoms with Gasteiger partial charge in [0, 0.05) is 30.2 Å². The molecule has 0 fully saturated rings. The van der Waals surface area contributed by atoms with Crippen molar-refractivity contribution < 1.29 is 19.3 Å². The van der Waals surface area contributed by atoms with Crippen LogP contribution in [0.1, 0.15) is 19.4 Å². The summed E-state index contributed by atoms with van der Waals surface area (Å²) < 4.78 is 16.3. The van der Waals surface area contributed by atoms with E-state index in [1.807, 2.05) is 18.2 Å². The molecule has 0 aliphatic heterocycles. The average Bonchev–Trinajstić information content (AvgIpc) is 2.66. The van der Waals surface area contributed by atoms with Crippen LogP contribution >= 0.6 is 11.6 Å². The van der Waals surface area contributed by atoms with Crippen LogP contribution < -0.4 is 14.2 Å². The molecule has 0 unspecified atom stereocenters. The molecule has 2 aromatic carbocycles. The highest BCUT2D eigenvalue weighted by Crippen LogP contribution is 2.24. The molecule has 1 N–H and O–H groups in total. The number of hydrogen-bond acceptors (Lipinski definition) is 5. The van der Waals surface area contributed by atoms with Crippen molar-refractivity contribution in [3.8, 4) is 17.2 Å². The third kappa shape index (κ3) is 6.94. The topological polar surface area (TPSA) is 51.2 Å². The van der Waals surface area contributed by atoms with Crippen molar-refractivity contribution in [2.45, 2.75) is 32.5 Å². The second kappa shape index (κ2) is 10.4. The Morgan fingerprint density at radius 2 is 1.56 bits per heavy atom. The summed E-state index contributed by atoms with van der Waals surface area (Å²) in [4.78, 5) is 2.18. The third-order valence-corrected chi connectivity index (χ3v) is 4.48. The molecule has 6 heteroatoms. The van der Waals surface area contributed by atoms with E-state index in [4.69, 9.17) is 25.8 Å². The highest BCUT2D eigenvalue weighted by molar-refractivity contribution is 6.30. The van der Waals surface area contributed by atoms with Gasteiger partial charge in [-0.15, -0.1) is 0 Å². The number of nitrogens with zero attached hydrogens (tertiary/aromatic N) is 1. The summed E-state index contributed by atoms with van der Waals surface area (Å²) in [5, 5.41) is 11.1. The molecular formula is C21H28ClNO4. The van der Waals surface area contributed by atoms with Crippen LogP contribution in [-0.4, -0.2) is 49.5 Å². The van der Waals surface area contributed by atoms with Crippen molar-refractivity contribution in [3.63, 3.8) is 0 Å². The van der Waals surface area contributed by atoms with E-state index >= 15 is 0 Å². The maximum atomic E-state index is 10.4. The van der Waals surface area contributed by atoms with Gasteiger partial charge < -0.3 is 19.3 Å². The van der Waals surface area contributed by atoms with Crippen LogP contribution in [0.4, 0.5) is 0 Å². The van der Waals surface area contributed by atoms with Gasteiger partial charge in [-0.2, -0.15) is 0 Å². The minimum Gasteiger partial charge on any atom is -0.497 e. The van der Waals surface area contributed by atoms with Crippen LogP contribution in [0.3, 0.4) is 0 Å². The van der Waals surface area contributed by atoms with Gasteiger partial charge in [0.15, 0.2) is 0 Å². The first-order valence-electron chi connectivity index (χ1n) is 8.93. The summed E-state index contributed by atoms with van der Waals surface area (Å²) in [6, 6.07) is 13.2. The Morgan fingerprint density at radius 1 is 0.963 bits per heavy atom. The van der Waals surface area contributed by atoms with Crippen molar-refractivity contribution in [3.05, 3.63) is 53.1 Å². The number of ether oxygens (including phenoxy) is 3. The fourth-order valence-corrected chi connectivity index (χ4v) is 2.82. The standard InChI is InChI=1S/C21H28ClNO4/c1-15(2)23(12-16-9-20(25-3)11-21(10-16)26-4)13-18(24)14-27-19-7-5-17(22)6-8-19/h5-11,15,18,24H,12-14H2,1-4H3/t18-/m0/s1. The normalized spacial score (nSPS) is 12.3. The molecular weight excluding hydrogens is 366 g/mol. The van der Waals surface area contributed by atoms with Crippen molar-refractivity contribution in [2.75, 3.05) is 27.4 Å². The summed E-state index contributed by atoms with van der Waals surface area (Å²) >= 11 is 5.87. The third-order valence-electron chi connectivity index (χ3n) is 4.23. The molecule has 0 amide bonds. The lowest BCUT2D eigenvalue weighted by atomic mass is 10.1. The number of rotatable bonds is 10. The number of methoxy groups -OCH3 is 2. The molecule has 0 bridgehead atoms. The number of halogens is 1. The summed E-state index contributed by atoms with van der Waals surface area (Å²) in [6.07, 6.45) is -0.615. The first-order chi connectivity index (χ1) is 12.9. The predicted molar refractivity (Wildman–Crippen MR) is 108 cm³/mol. The van der Waals surface area contributed by atoms with Crippen molar-refractivity contribution in [1.82, 2.24) is 4.90 Å². The summed E-state index contributed by atoms with van der Waals surface area (Å²) in [5.74, 6) is 2.19. The van der Waals surface area contributed by atoms with Gasteiger partial charge >= 0.3 is 0 Å². The van der Waals surface area contributed by atoms with E-state index in [1.165, 1.54) is 0 Å². The summed E-state index contributed by atoms with van der Waals surface area (Å²) in [7, 11) is 3.27. The largest absolute Gasteiger partial charge is 0.497 e. The zero-order chi connectivity index (χ0) is 19.8. The van der Waals surface area contributed by atoms with Crippen molar-refractivity contribution >= 4 is 11.6 Å². The number of aliphatic hydroxyl groups excluding tert-OH is 1. The Kier molecular flexibility index (Phi) is 8.23. The first-order valence-corrected chi connectivity index (χ1v) is 9.31. The molecule has 2 aromatic rings. The van der Waals surface area contributed by atoms with Crippen LogP contribution in [0, 0.1) is 0 Å². The predicted octanol–water partition coefficient (Wildman–Crippen LogP) is 4.01. The van der Waals surface area contributed by atoms with Crippen LogP contribution in [0.5, 0.6) is 17.2 Å². The highest BCUT2D eigenvalue weighted by Gasteiger charge is 2.17. The smallest absolute Gasteiger partial charge is 0.122 e. The maximum absolute atomic E-state index is 10.4. The summed E-state index contributed by atoms with van der Waals surface area (Å²) in [5.41, 5.74) is 1.06. The molecule has 5 nitrogen and oxygen atoms in total. The van der Waals surface area contributed by atoms with Gasteiger partial charge in [-0.3, -0.25) is 4.90 Å². The highest BCUT2D eigenvalue weighted by atomic mass is 35.5.